The molecule has 1 N–H and O–H groups in total. The molecule has 1 aromatic heterocycles. The number of imidazole rings is 1. The van der Waals surface area contributed by atoms with Gasteiger partial charge in [0, 0.05) is 23.5 Å². The lowest BCUT2D eigenvalue weighted by Gasteiger charge is -2.06. The summed E-state index contributed by atoms with van der Waals surface area (Å²) >= 11 is 0. The van der Waals surface area contributed by atoms with Gasteiger partial charge in [-0.1, -0.05) is 6.07 Å². The summed E-state index contributed by atoms with van der Waals surface area (Å²) < 4.78 is 7.14. The Morgan fingerprint density at radius 2 is 1.97 bits per heavy atom. The van der Waals surface area contributed by atoms with Gasteiger partial charge >= 0.3 is 5.69 Å². The number of phenolic OH excluding ortho intramolecular Hbond substituents is 1. The largest absolute Gasteiger partial charge is 0.502 e. The number of benzene rings is 3. The predicted molar refractivity (Wildman–Crippen MR) is 110 cm³/mol. The number of nitro groups is 1. The minimum absolute atomic E-state index is 0.267. The van der Waals surface area contributed by atoms with Gasteiger partial charge in [-0.3, -0.25) is 19.7 Å². The number of hydrogen-bond acceptors (Lipinski definition) is 6. The smallest absolute Gasteiger partial charge is 0.311 e. The van der Waals surface area contributed by atoms with Gasteiger partial charge in [0.15, 0.2) is 0 Å². The van der Waals surface area contributed by atoms with Gasteiger partial charge in [-0.25, -0.2) is 4.98 Å². The lowest BCUT2D eigenvalue weighted by atomic mass is 10.2. The quantitative estimate of drug-likeness (QED) is 0.310. The Labute approximate surface area is 165 Å². The molecule has 0 bridgehead atoms. The maximum Gasteiger partial charge on any atom is 0.311 e. The number of ether oxygens (including phenoxy) is 1. The molecule has 29 heavy (non-hydrogen) atoms. The molecule has 0 saturated heterocycles. The first-order valence-corrected chi connectivity index (χ1v) is 8.69. The highest BCUT2D eigenvalue weighted by atomic mass is 16.6. The molecule has 0 fully saturated rings. The van der Waals surface area contributed by atoms with Gasteiger partial charge < -0.3 is 9.84 Å². The fourth-order valence-electron chi connectivity index (χ4n) is 2.97. The van der Waals surface area contributed by atoms with Crippen LogP contribution in [0.25, 0.3) is 16.7 Å². The fraction of sp³-hybridized carbons (Fsp3) is 0.0476. The molecular formula is C21H16N4O4. The van der Waals surface area contributed by atoms with Crippen molar-refractivity contribution in [3.05, 3.63) is 82.7 Å². The van der Waals surface area contributed by atoms with Crippen LogP contribution in [0.2, 0.25) is 0 Å². The van der Waals surface area contributed by atoms with E-state index in [9.17, 15) is 15.2 Å². The molecule has 0 atom stereocenters. The zero-order valence-electron chi connectivity index (χ0n) is 15.4. The van der Waals surface area contributed by atoms with Crippen molar-refractivity contribution < 1.29 is 14.8 Å². The summed E-state index contributed by atoms with van der Waals surface area (Å²) in [6, 6.07) is 17.5. The summed E-state index contributed by atoms with van der Waals surface area (Å²) in [6.45, 7) is 0. The van der Waals surface area contributed by atoms with E-state index in [-0.39, 0.29) is 11.3 Å². The maximum atomic E-state index is 10.9. The SMILES string of the molecule is COc1ccc(-n2cnc3cc(N=Cc4cccc([N+](=O)[O-])c4O)ccc32)cc1. The van der Waals surface area contributed by atoms with Crippen molar-refractivity contribution in [3.8, 4) is 17.2 Å². The second kappa shape index (κ2) is 7.43. The highest BCUT2D eigenvalue weighted by Crippen LogP contribution is 2.29. The van der Waals surface area contributed by atoms with Crippen LogP contribution in [0.3, 0.4) is 0 Å². The first kappa shape index (κ1) is 18.2. The van der Waals surface area contributed by atoms with Gasteiger partial charge in [-0.15, -0.1) is 0 Å². The summed E-state index contributed by atoms with van der Waals surface area (Å²) in [5, 5.41) is 21.0. The van der Waals surface area contributed by atoms with Crippen molar-refractivity contribution in [2.24, 2.45) is 4.99 Å². The Morgan fingerprint density at radius 1 is 1.17 bits per heavy atom. The topological polar surface area (TPSA) is 103 Å². The molecule has 0 aliphatic carbocycles. The van der Waals surface area contributed by atoms with Crippen molar-refractivity contribution in [2.45, 2.75) is 0 Å². The highest BCUT2D eigenvalue weighted by Gasteiger charge is 2.15. The van der Waals surface area contributed by atoms with Crippen molar-refractivity contribution in [1.82, 2.24) is 9.55 Å². The third-order valence-electron chi connectivity index (χ3n) is 4.48. The van der Waals surface area contributed by atoms with Crippen LogP contribution >= 0.6 is 0 Å². The van der Waals surface area contributed by atoms with Gasteiger partial charge in [-0.2, -0.15) is 0 Å². The Kier molecular flexibility index (Phi) is 4.66. The van der Waals surface area contributed by atoms with E-state index < -0.39 is 10.7 Å². The molecule has 1 heterocycles. The first-order valence-electron chi connectivity index (χ1n) is 8.69. The highest BCUT2D eigenvalue weighted by molar-refractivity contribution is 5.88. The van der Waals surface area contributed by atoms with E-state index in [4.69, 9.17) is 4.74 Å². The van der Waals surface area contributed by atoms with Gasteiger partial charge in [0.2, 0.25) is 5.75 Å². The second-order valence-corrected chi connectivity index (χ2v) is 6.22. The zero-order valence-corrected chi connectivity index (χ0v) is 15.4. The molecule has 0 amide bonds. The third-order valence-corrected chi connectivity index (χ3v) is 4.48. The number of nitro benzene ring substituents is 1. The Balaban J connectivity index is 1.64. The van der Waals surface area contributed by atoms with E-state index in [2.05, 4.69) is 9.98 Å². The number of phenols is 1. The van der Waals surface area contributed by atoms with Crippen LogP contribution in [0, 0.1) is 10.1 Å². The molecular weight excluding hydrogens is 372 g/mol. The average Bonchev–Trinajstić information content (AvgIpc) is 3.16. The van der Waals surface area contributed by atoms with Crippen molar-refractivity contribution in [3.63, 3.8) is 0 Å². The minimum Gasteiger partial charge on any atom is -0.502 e. The summed E-state index contributed by atoms with van der Waals surface area (Å²) in [5.41, 5.74) is 3.13. The van der Waals surface area contributed by atoms with E-state index >= 15 is 0 Å². The van der Waals surface area contributed by atoms with E-state index in [0.717, 1.165) is 22.5 Å². The van der Waals surface area contributed by atoms with Crippen molar-refractivity contribution in [1.29, 1.82) is 0 Å². The summed E-state index contributed by atoms with van der Waals surface area (Å²) in [6.07, 6.45) is 3.12. The number of nitrogens with zero attached hydrogens (tertiary/aromatic N) is 4. The van der Waals surface area contributed by atoms with Crippen LogP contribution in [0.15, 0.2) is 72.0 Å². The van der Waals surface area contributed by atoms with Crippen LogP contribution in [0.1, 0.15) is 5.56 Å². The van der Waals surface area contributed by atoms with Gasteiger partial charge in [0.05, 0.1) is 28.8 Å². The molecule has 0 unspecified atom stereocenters. The number of aromatic hydroxyl groups is 1. The molecule has 4 rings (SSSR count). The normalized spacial score (nSPS) is 11.2. The van der Waals surface area contributed by atoms with Gasteiger partial charge in [-0.05, 0) is 48.5 Å². The van der Waals surface area contributed by atoms with Crippen molar-refractivity contribution >= 4 is 28.6 Å². The number of rotatable bonds is 5. The summed E-state index contributed by atoms with van der Waals surface area (Å²) in [4.78, 5) is 19.0. The van der Waals surface area contributed by atoms with E-state index in [0.29, 0.717) is 5.69 Å². The summed E-state index contributed by atoms with van der Waals surface area (Å²) in [5.74, 6) is 0.366. The molecule has 0 aliphatic rings. The summed E-state index contributed by atoms with van der Waals surface area (Å²) in [7, 11) is 1.62. The number of fused-ring (bicyclic) bond motifs is 1. The molecule has 0 aliphatic heterocycles. The van der Waals surface area contributed by atoms with Crippen LogP contribution < -0.4 is 4.74 Å². The Morgan fingerprint density at radius 3 is 2.69 bits per heavy atom. The van der Waals surface area contributed by atoms with Gasteiger partial charge in [0.1, 0.15) is 12.1 Å². The fourth-order valence-corrected chi connectivity index (χ4v) is 2.97. The molecule has 8 heteroatoms. The monoisotopic (exact) mass is 388 g/mol. The lowest BCUT2D eigenvalue weighted by molar-refractivity contribution is -0.385. The van der Waals surface area contributed by atoms with Crippen LogP contribution in [-0.2, 0) is 0 Å². The average molecular weight is 388 g/mol. The molecule has 0 radical (unpaired) electrons. The molecule has 8 nitrogen and oxygen atoms in total. The van der Waals surface area contributed by atoms with E-state index in [1.54, 1.807) is 25.6 Å². The lowest BCUT2D eigenvalue weighted by Crippen LogP contribution is -1.92. The minimum atomic E-state index is -0.634. The second-order valence-electron chi connectivity index (χ2n) is 6.22. The standard InChI is InChI=1S/C21H16N4O4/c1-29-17-8-6-16(7-9-17)24-13-23-18-11-15(5-10-19(18)24)22-12-14-3-2-4-20(21(14)26)25(27)28/h2-13,26H,1H3. The molecule has 3 aromatic carbocycles. The number of aromatic nitrogens is 2. The van der Waals surface area contributed by atoms with Crippen LogP contribution in [0.4, 0.5) is 11.4 Å². The predicted octanol–water partition coefficient (Wildman–Crippen LogP) is 4.40. The molecule has 4 aromatic rings. The number of methoxy groups -OCH3 is 1. The Hall–Kier alpha value is -4.20. The van der Waals surface area contributed by atoms with E-state index in [1.807, 2.05) is 41.0 Å². The Bertz CT molecular complexity index is 1230. The van der Waals surface area contributed by atoms with Crippen LogP contribution in [0.5, 0.6) is 11.5 Å². The number of hydrogen-bond donors (Lipinski definition) is 1. The maximum absolute atomic E-state index is 10.9. The molecule has 0 spiro atoms. The number of para-hydroxylation sites is 1. The first-order chi connectivity index (χ1) is 14.1. The number of aliphatic imine (C=N–C) groups is 1. The molecule has 0 saturated carbocycles. The van der Waals surface area contributed by atoms with E-state index in [1.165, 1.54) is 18.3 Å². The van der Waals surface area contributed by atoms with Gasteiger partial charge in [0.25, 0.3) is 0 Å². The third kappa shape index (κ3) is 3.51. The zero-order chi connectivity index (χ0) is 20.4. The van der Waals surface area contributed by atoms with Crippen molar-refractivity contribution in [2.75, 3.05) is 7.11 Å². The molecule has 144 valence electrons. The van der Waals surface area contributed by atoms with Crippen LogP contribution in [-0.4, -0.2) is 32.9 Å².